The Morgan fingerprint density at radius 2 is 1.86 bits per heavy atom. The molecule has 0 saturated heterocycles. The number of carboxylic acid groups (broad SMARTS) is 1. The summed E-state index contributed by atoms with van der Waals surface area (Å²) >= 11 is 5.59. The Morgan fingerprint density at radius 1 is 1.24 bits per heavy atom. The van der Waals surface area contributed by atoms with Gasteiger partial charge in [0, 0.05) is 12.2 Å². The number of hydrogen-bond acceptors (Lipinski definition) is 2. The van der Waals surface area contributed by atoms with E-state index in [9.17, 15) is 22.8 Å². The first-order valence-electron chi connectivity index (χ1n) is 5.98. The quantitative estimate of drug-likeness (QED) is 0.684. The highest BCUT2D eigenvalue weighted by Gasteiger charge is 2.31. The monoisotopic (exact) mass is 317 g/mol. The highest BCUT2D eigenvalue weighted by atomic mass is 35.5. The number of aromatic nitrogens is 1. The van der Waals surface area contributed by atoms with Crippen LogP contribution in [0.15, 0.2) is 11.0 Å². The summed E-state index contributed by atoms with van der Waals surface area (Å²) in [6, 6.07) is -0.262. The van der Waals surface area contributed by atoms with Gasteiger partial charge in [-0.05, 0) is 12.8 Å². The Morgan fingerprint density at radius 3 is 2.38 bits per heavy atom. The second-order valence-electron chi connectivity index (χ2n) is 4.80. The summed E-state index contributed by atoms with van der Waals surface area (Å²) < 4.78 is 42.2. The summed E-state index contributed by atoms with van der Waals surface area (Å²) in [5, 5.41) is 7.45. The molecular formula is C13H7ClF3NO3. The molecule has 0 aliphatic heterocycles. The van der Waals surface area contributed by atoms with Crippen LogP contribution in [0.1, 0.15) is 29.2 Å². The summed E-state index contributed by atoms with van der Waals surface area (Å²) in [5.41, 5.74) is -2.31. The van der Waals surface area contributed by atoms with Crippen molar-refractivity contribution in [1.29, 1.82) is 0 Å². The van der Waals surface area contributed by atoms with Gasteiger partial charge in [-0.1, -0.05) is 11.6 Å². The van der Waals surface area contributed by atoms with Gasteiger partial charge in [-0.3, -0.25) is 4.79 Å². The number of halogens is 4. The molecule has 3 rings (SSSR count). The maximum atomic E-state index is 14.0. The summed E-state index contributed by atoms with van der Waals surface area (Å²) in [6.45, 7) is 0. The number of nitrogens with zero attached hydrogens (tertiary/aromatic N) is 1. The van der Waals surface area contributed by atoms with Gasteiger partial charge in [-0.15, -0.1) is 0 Å². The standard InChI is InChI=1S/C13H7ClF3NO3/c14-7-6-11(10(17)9(16)8(7)15)18(4-1-2-4)3-5(12(6)19)13(20)21/h3-4H,1-2H2,(H,20,21). The lowest BCUT2D eigenvalue weighted by molar-refractivity contribution is 0.0695. The molecule has 0 atom stereocenters. The maximum absolute atomic E-state index is 14.0. The molecule has 1 aromatic carbocycles. The fourth-order valence-corrected chi connectivity index (χ4v) is 2.52. The molecule has 1 aliphatic carbocycles. The lowest BCUT2D eigenvalue weighted by atomic mass is 10.1. The highest BCUT2D eigenvalue weighted by molar-refractivity contribution is 6.35. The van der Waals surface area contributed by atoms with Crippen LogP contribution in [0.2, 0.25) is 5.02 Å². The van der Waals surface area contributed by atoms with E-state index in [4.69, 9.17) is 16.7 Å². The van der Waals surface area contributed by atoms with Crippen molar-refractivity contribution in [2.24, 2.45) is 0 Å². The van der Waals surface area contributed by atoms with E-state index in [0.717, 1.165) is 10.8 Å². The molecule has 21 heavy (non-hydrogen) atoms. The Kier molecular flexibility index (Phi) is 2.98. The number of carbonyl (C=O) groups is 1. The number of rotatable bonds is 2. The zero-order chi connectivity index (χ0) is 15.5. The Labute approximate surface area is 120 Å². The van der Waals surface area contributed by atoms with Crippen LogP contribution in [-0.2, 0) is 0 Å². The van der Waals surface area contributed by atoms with E-state index in [1.54, 1.807) is 0 Å². The summed E-state index contributed by atoms with van der Waals surface area (Å²) in [4.78, 5) is 23.2. The first-order chi connectivity index (χ1) is 9.84. The van der Waals surface area contributed by atoms with Gasteiger partial charge >= 0.3 is 5.97 Å². The van der Waals surface area contributed by atoms with Crippen molar-refractivity contribution in [1.82, 2.24) is 4.57 Å². The first-order valence-corrected chi connectivity index (χ1v) is 6.36. The smallest absolute Gasteiger partial charge is 0.341 e. The fraction of sp³-hybridized carbons (Fsp3) is 0.231. The average Bonchev–Trinajstić information content (AvgIpc) is 3.26. The summed E-state index contributed by atoms with van der Waals surface area (Å²) in [7, 11) is 0. The lowest BCUT2D eigenvalue weighted by Crippen LogP contribution is -2.20. The van der Waals surface area contributed by atoms with Crippen LogP contribution < -0.4 is 5.43 Å². The molecule has 1 heterocycles. The van der Waals surface area contributed by atoms with Crippen molar-refractivity contribution in [3.05, 3.63) is 44.5 Å². The second-order valence-corrected chi connectivity index (χ2v) is 5.17. The third-order valence-electron chi connectivity index (χ3n) is 3.41. The second kappa shape index (κ2) is 4.49. The van der Waals surface area contributed by atoms with Gasteiger partial charge in [-0.25, -0.2) is 18.0 Å². The van der Waals surface area contributed by atoms with Crippen LogP contribution in [0.3, 0.4) is 0 Å². The molecule has 4 nitrogen and oxygen atoms in total. The molecule has 8 heteroatoms. The van der Waals surface area contributed by atoms with Gasteiger partial charge in [0.15, 0.2) is 17.5 Å². The molecular weight excluding hydrogens is 311 g/mol. The minimum atomic E-state index is -1.79. The van der Waals surface area contributed by atoms with Crippen molar-refractivity contribution in [2.45, 2.75) is 18.9 Å². The number of hydrogen-bond donors (Lipinski definition) is 1. The Bertz CT molecular complexity index is 858. The first kappa shape index (κ1) is 13.9. The number of fused-ring (bicyclic) bond motifs is 1. The van der Waals surface area contributed by atoms with Crippen LogP contribution in [0, 0.1) is 17.5 Å². The van der Waals surface area contributed by atoms with Gasteiger partial charge in [0.2, 0.25) is 5.43 Å². The van der Waals surface area contributed by atoms with E-state index in [1.165, 1.54) is 0 Å². The SMILES string of the molecule is O=C(O)c1cn(C2CC2)c2c(F)c(F)c(F)c(Cl)c2c1=O. The van der Waals surface area contributed by atoms with Gasteiger partial charge < -0.3 is 9.67 Å². The van der Waals surface area contributed by atoms with Crippen molar-refractivity contribution < 1.29 is 23.1 Å². The topological polar surface area (TPSA) is 59.3 Å². The van der Waals surface area contributed by atoms with E-state index in [1.807, 2.05) is 0 Å². The van der Waals surface area contributed by atoms with Crippen LogP contribution in [0.5, 0.6) is 0 Å². The molecule has 110 valence electrons. The van der Waals surface area contributed by atoms with E-state index < -0.39 is 50.3 Å². The van der Waals surface area contributed by atoms with Gasteiger partial charge in [-0.2, -0.15) is 0 Å². The molecule has 1 aromatic heterocycles. The zero-order valence-corrected chi connectivity index (χ0v) is 11.0. The zero-order valence-electron chi connectivity index (χ0n) is 10.3. The highest BCUT2D eigenvalue weighted by Crippen LogP contribution is 2.39. The molecule has 2 aromatic rings. The van der Waals surface area contributed by atoms with E-state index in [2.05, 4.69) is 0 Å². The largest absolute Gasteiger partial charge is 0.477 e. The molecule has 0 unspecified atom stereocenters. The predicted octanol–water partition coefficient (Wildman–Crippen LogP) is 3.11. The van der Waals surface area contributed by atoms with Gasteiger partial charge in [0.05, 0.1) is 15.9 Å². The molecule has 0 amide bonds. The average molecular weight is 318 g/mol. The van der Waals surface area contributed by atoms with Gasteiger partial charge in [0.1, 0.15) is 5.56 Å². The number of carboxylic acids is 1. The van der Waals surface area contributed by atoms with Crippen LogP contribution in [0.25, 0.3) is 10.9 Å². The minimum absolute atomic E-state index is 0.262. The molecule has 0 radical (unpaired) electrons. The van der Waals surface area contributed by atoms with Crippen LogP contribution in [0.4, 0.5) is 13.2 Å². The van der Waals surface area contributed by atoms with Crippen LogP contribution in [-0.4, -0.2) is 15.6 Å². The van der Waals surface area contributed by atoms with Crippen molar-refractivity contribution in [3.8, 4) is 0 Å². The Balaban J connectivity index is 2.59. The minimum Gasteiger partial charge on any atom is -0.477 e. The third-order valence-corrected chi connectivity index (χ3v) is 3.77. The van der Waals surface area contributed by atoms with Crippen molar-refractivity contribution in [2.75, 3.05) is 0 Å². The lowest BCUT2D eigenvalue weighted by Gasteiger charge is -2.14. The van der Waals surface area contributed by atoms with E-state index in [0.29, 0.717) is 12.8 Å². The fourth-order valence-electron chi connectivity index (χ4n) is 2.26. The summed E-state index contributed by atoms with van der Waals surface area (Å²) in [5.74, 6) is -6.58. The number of pyridine rings is 1. The molecule has 1 fully saturated rings. The van der Waals surface area contributed by atoms with Gasteiger partial charge in [0.25, 0.3) is 0 Å². The molecule has 0 bridgehead atoms. The number of benzene rings is 1. The van der Waals surface area contributed by atoms with Crippen LogP contribution >= 0.6 is 11.6 Å². The van der Waals surface area contributed by atoms with E-state index in [-0.39, 0.29) is 6.04 Å². The predicted molar refractivity (Wildman–Crippen MR) is 68.3 cm³/mol. The molecule has 1 N–H and O–H groups in total. The van der Waals surface area contributed by atoms with Crippen molar-refractivity contribution >= 4 is 28.5 Å². The normalized spacial score (nSPS) is 14.7. The molecule has 0 spiro atoms. The van der Waals surface area contributed by atoms with Crippen molar-refractivity contribution in [3.63, 3.8) is 0 Å². The van der Waals surface area contributed by atoms with E-state index >= 15 is 0 Å². The molecule has 1 saturated carbocycles. The number of aromatic carboxylic acids is 1. The third kappa shape index (κ3) is 1.91. The Hall–Kier alpha value is -2.02. The molecule has 1 aliphatic rings. The summed E-state index contributed by atoms with van der Waals surface area (Å²) in [6.07, 6.45) is 2.18. The maximum Gasteiger partial charge on any atom is 0.341 e.